The van der Waals surface area contributed by atoms with Gasteiger partial charge in [0, 0.05) is 24.1 Å². The van der Waals surface area contributed by atoms with Crippen molar-refractivity contribution < 1.29 is 4.74 Å². The van der Waals surface area contributed by atoms with E-state index in [9.17, 15) is 0 Å². The Kier molecular flexibility index (Phi) is 5.01. The quantitative estimate of drug-likeness (QED) is 0.867. The van der Waals surface area contributed by atoms with Crippen molar-refractivity contribution in [2.24, 2.45) is 11.8 Å². The molecule has 1 aromatic heterocycles. The van der Waals surface area contributed by atoms with Crippen molar-refractivity contribution in [1.29, 1.82) is 0 Å². The van der Waals surface area contributed by atoms with Crippen LogP contribution in [-0.2, 0) is 4.74 Å². The summed E-state index contributed by atoms with van der Waals surface area (Å²) in [6.07, 6.45) is 2.37. The van der Waals surface area contributed by atoms with Crippen LogP contribution in [0.15, 0.2) is 17.5 Å². The number of nitrogens with one attached hydrogen (secondary N) is 1. The molecule has 0 bridgehead atoms. The van der Waals surface area contributed by atoms with Gasteiger partial charge in [-0.05, 0) is 42.7 Å². The summed E-state index contributed by atoms with van der Waals surface area (Å²) in [5.74, 6) is 1.37. The first-order valence-corrected chi connectivity index (χ1v) is 7.55. The molecule has 0 aliphatic carbocycles. The largest absolute Gasteiger partial charge is 0.381 e. The Labute approximate surface area is 108 Å². The van der Waals surface area contributed by atoms with Crippen molar-refractivity contribution in [1.82, 2.24) is 5.32 Å². The lowest BCUT2D eigenvalue weighted by atomic mass is 9.83. The molecule has 1 aliphatic rings. The smallest absolute Gasteiger partial charge is 0.0495 e. The van der Waals surface area contributed by atoms with Crippen LogP contribution in [0.25, 0.3) is 0 Å². The minimum atomic E-state index is 0.522. The molecule has 2 rings (SSSR count). The first-order chi connectivity index (χ1) is 8.33. The monoisotopic (exact) mass is 253 g/mol. The van der Waals surface area contributed by atoms with E-state index in [0.29, 0.717) is 17.9 Å². The fourth-order valence-electron chi connectivity index (χ4n) is 2.62. The van der Waals surface area contributed by atoms with Crippen molar-refractivity contribution >= 4 is 11.3 Å². The summed E-state index contributed by atoms with van der Waals surface area (Å²) in [6, 6.07) is 4.94. The van der Waals surface area contributed by atoms with Crippen LogP contribution < -0.4 is 5.32 Å². The van der Waals surface area contributed by atoms with Crippen LogP contribution >= 0.6 is 11.3 Å². The lowest BCUT2D eigenvalue weighted by molar-refractivity contribution is 0.0110. The highest BCUT2D eigenvalue weighted by Gasteiger charge is 2.30. The van der Waals surface area contributed by atoms with Crippen molar-refractivity contribution in [2.75, 3.05) is 19.8 Å². The van der Waals surface area contributed by atoms with E-state index >= 15 is 0 Å². The highest BCUT2D eigenvalue weighted by Crippen LogP contribution is 2.35. The van der Waals surface area contributed by atoms with E-state index in [-0.39, 0.29) is 0 Å². The zero-order chi connectivity index (χ0) is 12.1. The molecule has 1 fully saturated rings. The summed E-state index contributed by atoms with van der Waals surface area (Å²) in [4.78, 5) is 1.48. The van der Waals surface area contributed by atoms with Crippen molar-refractivity contribution in [3.63, 3.8) is 0 Å². The molecule has 17 heavy (non-hydrogen) atoms. The molecule has 3 heteroatoms. The van der Waals surface area contributed by atoms with E-state index in [1.54, 1.807) is 0 Å². The van der Waals surface area contributed by atoms with Crippen molar-refractivity contribution in [3.8, 4) is 0 Å². The Morgan fingerprint density at radius 1 is 1.59 bits per heavy atom. The Balaban J connectivity index is 2.08. The van der Waals surface area contributed by atoms with Crippen LogP contribution in [0.5, 0.6) is 0 Å². The third-order valence-corrected chi connectivity index (χ3v) is 4.55. The molecule has 0 saturated carbocycles. The molecule has 2 nitrogen and oxygen atoms in total. The molecule has 1 N–H and O–H groups in total. The summed E-state index contributed by atoms with van der Waals surface area (Å²) < 4.78 is 5.56. The number of ether oxygens (including phenoxy) is 1. The molecule has 3 unspecified atom stereocenters. The molecule has 0 amide bonds. The maximum Gasteiger partial charge on any atom is 0.0495 e. The Hall–Kier alpha value is -0.380. The zero-order valence-corrected chi connectivity index (χ0v) is 11.6. The highest BCUT2D eigenvalue weighted by atomic mass is 32.1. The second kappa shape index (κ2) is 6.53. The van der Waals surface area contributed by atoms with E-state index < -0.39 is 0 Å². The van der Waals surface area contributed by atoms with Gasteiger partial charge >= 0.3 is 0 Å². The fraction of sp³-hybridized carbons (Fsp3) is 0.714. The average Bonchev–Trinajstić information content (AvgIpc) is 2.85. The Morgan fingerprint density at radius 3 is 3.12 bits per heavy atom. The van der Waals surface area contributed by atoms with Gasteiger partial charge in [0.25, 0.3) is 0 Å². The number of hydrogen-bond donors (Lipinski definition) is 1. The summed E-state index contributed by atoms with van der Waals surface area (Å²) in [5.41, 5.74) is 0. The van der Waals surface area contributed by atoms with Crippen LogP contribution in [0.1, 0.15) is 37.6 Å². The van der Waals surface area contributed by atoms with Gasteiger partial charge in [0.2, 0.25) is 0 Å². The van der Waals surface area contributed by atoms with Gasteiger partial charge in [-0.3, -0.25) is 0 Å². The molecule has 0 radical (unpaired) electrons. The molecule has 0 aromatic carbocycles. The van der Waals surface area contributed by atoms with Gasteiger partial charge in [0.15, 0.2) is 0 Å². The second-order valence-corrected chi connectivity index (χ2v) is 5.93. The van der Waals surface area contributed by atoms with E-state index in [1.165, 1.54) is 17.7 Å². The summed E-state index contributed by atoms with van der Waals surface area (Å²) in [7, 11) is 0. The molecule has 0 spiro atoms. The first-order valence-electron chi connectivity index (χ1n) is 6.67. The van der Waals surface area contributed by atoms with Gasteiger partial charge in [0.05, 0.1) is 0 Å². The van der Waals surface area contributed by atoms with Crippen LogP contribution in [-0.4, -0.2) is 19.8 Å². The molecule has 1 aromatic rings. The van der Waals surface area contributed by atoms with E-state index in [1.807, 2.05) is 11.3 Å². The average molecular weight is 253 g/mol. The number of hydrogen-bond acceptors (Lipinski definition) is 3. The third kappa shape index (κ3) is 3.30. The summed E-state index contributed by atoms with van der Waals surface area (Å²) in [5, 5.41) is 5.91. The van der Waals surface area contributed by atoms with Crippen LogP contribution in [0, 0.1) is 11.8 Å². The minimum Gasteiger partial charge on any atom is -0.381 e. The molecule has 1 aliphatic heterocycles. The van der Waals surface area contributed by atoms with Gasteiger partial charge in [0.1, 0.15) is 0 Å². The molecule has 96 valence electrons. The topological polar surface area (TPSA) is 21.3 Å². The number of thiophene rings is 1. The summed E-state index contributed by atoms with van der Waals surface area (Å²) in [6.45, 7) is 7.49. The fourth-order valence-corrected chi connectivity index (χ4v) is 3.50. The maximum absolute atomic E-state index is 5.56. The van der Waals surface area contributed by atoms with E-state index in [0.717, 1.165) is 19.8 Å². The maximum atomic E-state index is 5.56. The number of rotatable bonds is 5. The van der Waals surface area contributed by atoms with Gasteiger partial charge in [-0.25, -0.2) is 0 Å². The van der Waals surface area contributed by atoms with Crippen molar-refractivity contribution in [2.45, 2.75) is 32.7 Å². The third-order valence-electron chi connectivity index (χ3n) is 3.60. The zero-order valence-electron chi connectivity index (χ0n) is 10.8. The standard InChI is InChI=1S/C14H23NOS/c1-3-7-15-14(13-5-4-9-17-13)12-6-8-16-10-11(12)2/h4-5,9,11-12,14-15H,3,6-8,10H2,1-2H3. The minimum absolute atomic E-state index is 0.522. The Bertz CT molecular complexity index is 312. The van der Waals surface area contributed by atoms with Crippen LogP contribution in [0.4, 0.5) is 0 Å². The van der Waals surface area contributed by atoms with Gasteiger partial charge in [-0.2, -0.15) is 0 Å². The van der Waals surface area contributed by atoms with E-state index in [4.69, 9.17) is 4.74 Å². The van der Waals surface area contributed by atoms with Gasteiger partial charge < -0.3 is 10.1 Å². The van der Waals surface area contributed by atoms with Crippen LogP contribution in [0.2, 0.25) is 0 Å². The van der Waals surface area contributed by atoms with Crippen LogP contribution in [0.3, 0.4) is 0 Å². The predicted octanol–water partition coefficient (Wildman–Crippen LogP) is 3.46. The SMILES string of the molecule is CCCNC(c1cccs1)C1CCOCC1C. The normalized spacial score (nSPS) is 26.9. The van der Waals surface area contributed by atoms with Gasteiger partial charge in [-0.15, -0.1) is 11.3 Å². The van der Waals surface area contributed by atoms with E-state index in [2.05, 4.69) is 36.7 Å². The second-order valence-electron chi connectivity index (χ2n) is 4.95. The lowest BCUT2D eigenvalue weighted by Crippen LogP contribution is -2.36. The molecule has 2 heterocycles. The van der Waals surface area contributed by atoms with Gasteiger partial charge in [-0.1, -0.05) is 19.9 Å². The first kappa shape index (κ1) is 13.1. The highest BCUT2D eigenvalue weighted by molar-refractivity contribution is 7.10. The predicted molar refractivity (Wildman–Crippen MR) is 73.4 cm³/mol. The molecule has 1 saturated heterocycles. The van der Waals surface area contributed by atoms with Crippen molar-refractivity contribution in [3.05, 3.63) is 22.4 Å². The molecular weight excluding hydrogens is 230 g/mol. The Morgan fingerprint density at radius 2 is 2.47 bits per heavy atom. The molecular formula is C14H23NOS. The lowest BCUT2D eigenvalue weighted by Gasteiger charge is -2.35. The summed E-state index contributed by atoms with van der Waals surface area (Å²) >= 11 is 1.87. The molecule has 3 atom stereocenters.